The smallest absolute Gasteiger partial charge is 0.244 e. The SMILES string of the molecule is CC(C)c1nnc(NC(=O)C2CSCN2)s1. The molecule has 2 N–H and O–H groups in total. The Kier molecular flexibility index (Phi) is 3.78. The first-order chi connectivity index (χ1) is 7.66. The maximum absolute atomic E-state index is 11.7. The van der Waals surface area contributed by atoms with Gasteiger partial charge in [0, 0.05) is 17.5 Å². The number of nitrogens with zero attached hydrogens (tertiary/aromatic N) is 2. The summed E-state index contributed by atoms with van der Waals surface area (Å²) in [7, 11) is 0. The molecule has 0 spiro atoms. The van der Waals surface area contributed by atoms with Gasteiger partial charge in [0.2, 0.25) is 11.0 Å². The van der Waals surface area contributed by atoms with Gasteiger partial charge in [-0.25, -0.2) is 0 Å². The quantitative estimate of drug-likeness (QED) is 0.854. The topological polar surface area (TPSA) is 66.9 Å². The third kappa shape index (κ3) is 2.72. The Morgan fingerprint density at radius 2 is 2.38 bits per heavy atom. The van der Waals surface area contributed by atoms with Crippen LogP contribution in [0.2, 0.25) is 0 Å². The van der Waals surface area contributed by atoms with Crippen LogP contribution in [0.25, 0.3) is 0 Å². The lowest BCUT2D eigenvalue weighted by Crippen LogP contribution is -2.37. The Labute approximate surface area is 102 Å². The Hall–Kier alpha value is -0.660. The minimum Gasteiger partial charge on any atom is -0.299 e. The molecule has 0 aliphatic carbocycles. The van der Waals surface area contributed by atoms with Crippen LogP contribution in [-0.2, 0) is 4.79 Å². The Morgan fingerprint density at radius 1 is 1.56 bits per heavy atom. The molecule has 7 heteroatoms. The van der Waals surface area contributed by atoms with E-state index in [0.29, 0.717) is 11.0 Å². The molecule has 0 saturated carbocycles. The van der Waals surface area contributed by atoms with Gasteiger partial charge in [0.15, 0.2) is 0 Å². The monoisotopic (exact) mass is 258 g/mol. The molecule has 1 amide bonds. The highest BCUT2D eigenvalue weighted by Gasteiger charge is 2.23. The maximum atomic E-state index is 11.7. The lowest BCUT2D eigenvalue weighted by Gasteiger charge is -2.07. The number of rotatable bonds is 3. The van der Waals surface area contributed by atoms with Gasteiger partial charge in [0.25, 0.3) is 0 Å². The molecule has 5 nitrogen and oxygen atoms in total. The van der Waals surface area contributed by atoms with Crippen LogP contribution in [0, 0.1) is 0 Å². The molecule has 2 rings (SSSR count). The van der Waals surface area contributed by atoms with E-state index in [0.717, 1.165) is 16.6 Å². The summed E-state index contributed by atoms with van der Waals surface area (Å²) < 4.78 is 0. The summed E-state index contributed by atoms with van der Waals surface area (Å²) >= 11 is 3.17. The summed E-state index contributed by atoms with van der Waals surface area (Å²) in [5.74, 6) is 1.99. The minimum absolute atomic E-state index is 0.0172. The summed E-state index contributed by atoms with van der Waals surface area (Å²) in [5, 5.41) is 15.4. The van der Waals surface area contributed by atoms with Crippen molar-refractivity contribution >= 4 is 34.1 Å². The van der Waals surface area contributed by atoms with Crippen LogP contribution < -0.4 is 10.6 Å². The molecule has 1 aromatic heterocycles. The van der Waals surface area contributed by atoms with Crippen molar-refractivity contribution in [3.05, 3.63) is 5.01 Å². The molecule has 1 atom stereocenters. The van der Waals surface area contributed by atoms with Crippen LogP contribution in [0.15, 0.2) is 0 Å². The van der Waals surface area contributed by atoms with Crippen LogP contribution in [0.4, 0.5) is 5.13 Å². The average molecular weight is 258 g/mol. The van der Waals surface area contributed by atoms with Crippen molar-refractivity contribution in [2.45, 2.75) is 25.8 Å². The molecule has 1 saturated heterocycles. The second kappa shape index (κ2) is 5.11. The fourth-order valence-corrected chi connectivity index (χ4v) is 2.97. The minimum atomic E-state index is -0.101. The van der Waals surface area contributed by atoms with Gasteiger partial charge in [-0.1, -0.05) is 25.2 Å². The number of amides is 1. The van der Waals surface area contributed by atoms with Crippen LogP contribution >= 0.6 is 23.1 Å². The zero-order valence-electron chi connectivity index (χ0n) is 9.19. The number of anilines is 1. The van der Waals surface area contributed by atoms with Gasteiger partial charge in [-0.3, -0.25) is 15.4 Å². The van der Waals surface area contributed by atoms with E-state index in [2.05, 4.69) is 34.7 Å². The average Bonchev–Trinajstić information content (AvgIpc) is 2.87. The van der Waals surface area contributed by atoms with E-state index < -0.39 is 0 Å². The second-order valence-electron chi connectivity index (χ2n) is 3.86. The standard InChI is InChI=1S/C9H14N4OS2/c1-5(2)8-12-13-9(16-8)11-7(14)6-3-15-4-10-6/h5-6,10H,3-4H2,1-2H3,(H,11,13,14). The van der Waals surface area contributed by atoms with E-state index >= 15 is 0 Å². The zero-order chi connectivity index (χ0) is 11.5. The summed E-state index contributed by atoms with van der Waals surface area (Å²) in [6, 6.07) is -0.101. The molecule has 16 heavy (non-hydrogen) atoms. The first kappa shape index (κ1) is 11.8. The highest BCUT2D eigenvalue weighted by Crippen LogP contribution is 2.22. The van der Waals surface area contributed by atoms with Gasteiger partial charge in [0.1, 0.15) is 5.01 Å². The third-order valence-corrected chi connectivity index (χ3v) is 4.28. The Morgan fingerprint density at radius 3 is 2.94 bits per heavy atom. The molecule has 1 aliphatic heterocycles. The fraction of sp³-hybridized carbons (Fsp3) is 0.667. The number of hydrogen-bond donors (Lipinski definition) is 2. The van der Waals surface area contributed by atoms with E-state index in [4.69, 9.17) is 0 Å². The van der Waals surface area contributed by atoms with E-state index in [9.17, 15) is 4.79 Å². The lowest BCUT2D eigenvalue weighted by molar-refractivity contribution is -0.117. The van der Waals surface area contributed by atoms with Gasteiger partial charge in [-0.2, -0.15) is 0 Å². The van der Waals surface area contributed by atoms with Crippen molar-refractivity contribution in [1.82, 2.24) is 15.5 Å². The summed E-state index contributed by atoms with van der Waals surface area (Å²) in [6.07, 6.45) is 0. The molecular weight excluding hydrogens is 244 g/mol. The van der Waals surface area contributed by atoms with Gasteiger partial charge in [-0.15, -0.1) is 22.0 Å². The number of carbonyl (C=O) groups excluding carboxylic acids is 1. The Balaban J connectivity index is 1.95. The first-order valence-electron chi connectivity index (χ1n) is 5.12. The summed E-state index contributed by atoms with van der Waals surface area (Å²) in [4.78, 5) is 11.7. The van der Waals surface area contributed by atoms with E-state index in [-0.39, 0.29) is 11.9 Å². The highest BCUT2D eigenvalue weighted by molar-refractivity contribution is 7.99. The highest BCUT2D eigenvalue weighted by atomic mass is 32.2. The zero-order valence-corrected chi connectivity index (χ0v) is 10.8. The lowest BCUT2D eigenvalue weighted by atomic mass is 10.2. The first-order valence-corrected chi connectivity index (χ1v) is 7.09. The molecule has 0 aromatic carbocycles. The third-order valence-electron chi connectivity index (χ3n) is 2.20. The number of aromatic nitrogens is 2. The molecule has 1 unspecified atom stereocenters. The van der Waals surface area contributed by atoms with Crippen LogP contribution in [0.3, 0.4) is 0 Å². The molecule has 0 bridgehead atoms. The van der Waals surface area contributed by atoms with Crippen molar-refractivity contribution in [1.29, 1.82) is 0 Å². The number of nitrogens with one attached hydrogen (secondary N) is 2. The molecule has 0 radical (unpaired) electrons. The number of carbonyl (C=O) groups is 1. The molecule has 1 aromatic rings. The summed E-state index contributed by atoms with van der Waals surface area (Å²) in [6.45, 7) is 4.11. The maximum Gasteiger partial charge on any atom is 0.244 e. The predicted molar refractivity (Wildman–Crippen MR) is 66.9 cm³/mol. The summed E-state index contributed by atoms with van der Waals surface area (Å²) in [5.41, 5.74) is 0. The van der Waals surface area contributed by atoms with Crippen LogP contribution in [0.5, 0.6) is 0 Å². The number of hydrogen-bond acceptors (Lipinski definition) is 6. The van der Waals surface area contributed by atoms with E-state index in [1.807, 2.05) is 0 Å². The van der Waals surface area contributed by atoms with Crippen molar-refractivity contribution < 1.29 is 4.79 Å². The van der Waals surface area contributed by atoms with Crippen molar-refractivity contribution in [3.8, 4) is 0 Å². The Bertz CT molecular complexity index is 373. The molecular formula is C9H14N4OS2. The largest absolute Gasteiger partial charge is 0.299 e. The van der Waals surface area contributed by atoms with E-state index in [1.165, 1.54) is 11.3 Å². The van der Waals surface area contributed by atoms with E-state index in [1.54, 1.807) is 11.8 Å². The second-order valence-corrected chi connectivity index (χ2v) is 5.90. The molecule has 1 aliphatic rings. The number of thioether (sulfide) groups is 1. The molecule has 88 valence electrons. The molecule has 1 fully saturated rings. The van der Waals surface area contributed by atoms with Crippen LogP contribution in [-0.4, -0.2) is 33.8 Å². The van der Waals surface area contributed by atoms with Gasteiger partial charge in [-0.05, 0) is 0 Å². The van der Waals surface area contributed by atoms with Gasteiger partial charge in [0.05, 0.1) is 6.04 Å². The molecule has 2 heterocycles. The van der Waals surface area contributed by atoms with Gasteiger partial charge < -0.3 is 0 Å². The van der Waals surface area contributed by atoms with Crippen LogP contribution in [0.1, 0.15) is 24.8 Å². The van der Waals surface area contributed by atoms with Gasteiger partial charge >= 0.3 is 0 Å². The van der Waals surface area contributed by atoms with Crippen molar-refractivity contribution in [3.63, 3.8) is 0 Å². The predicted octanol–water partition coefficient (Wildman–Crippen LogP) is 1.26. The van der Waals surface area contributed by atoms with Crippen molar-refractivity contribution in [2.75, 3.05) is 16.9 Å². The normalized spacial score (nSPS) is 20.3. The van der Waals surface area contributed by atoms with Crippen molar-refractivity contribution in [2.24, 2.45) is 0 Å². The fourth-order valence-electron chi connectivity index (χ4n) is 1.27.